The van der Waals surface area contributed by atoms with E-state index >= 15 is 0 Å². The van der Waals surface area contributed by atoms with Crippen molar-refractivity contribution in [1.29, 1.82) is 0 Å². The van der Waals surface area contributed by atoms with Crippen LogP contribution < -0.4 is 5.32 Å². The van der Waals surface area contributed by atoms with E-state index in [0.29, 0.717) is 0 Å². The Morgan fingerprint density at radius 1 is 0.221 bits per heavy atom. The Bertz CT molecular complexity index is 1240. The van der Waals surface area contributed by atoms with Gasteiger partial charge in [0.05, 0.1) is 24.4 Å². The summed E-state index contributed by atoms with van der Waals surface area (Å²) in [4.78, 5) is 0. The van der Waals surface area contributed by atoms with Crippen molar-refractivity contribution in [3.63, 3.8) is 0 Å². The number of ether oxygens (including phenoxy) is 4. The Labute approximate surface area is 551 Å². The number of hydrogen-bond acceptors (Lipinski definition) is 5. The fourth-order valence-corrected chi connectivity index (χ4v) is 11.7. The van der Waals surface area contributed by atoms with E-state index in [4.69, 9.17) is 18.9 Å². The molecule has 0 aromatic heterocycles. The zero-order chi connectivity index (χ0) is 61.3. The molecule has 0 aliphatic carbocycles. The van der Waals surface area contributed by atoms with Gasteiger partial charge >= 0.3 is 0 Å². The molecule has 4 atom stereocenters. The van der Waals surface area contributed by atoms with Crippen LogP contribution in [0.4, 0.5) is 0 Å². The van der Waals surface area contributed by atoms with Crippen LogP contribution >= 0.6 is 17.0 Å². The fourth-order valence-electron chi connectivity index (χ4n) is 11.7. The first-order valence-corrected chi connectivity index (χ1v) is 38.9. The van der Waals surface area contributed by atoms with Gasteiger partial charge in [-0.05, 0) is 142 Å². The van der Waals surface area contributed by atoms with Crippen LogP contribution in [0.1, 0.15) is 401 Å². The van der Waals surface area contributed by atoms with Gasteiger partial charge < -0.3 is 24.3 Å². The standard InChI is InChI=1S/C80H155NO4.BrH/c1-7-11-15-19-23-27-31-35-39-43-47-51-55-59-63-67-71-82-77(5)79(84-73-69-65-61-57-53-49-45-41-37-33-29-25-21-17-13-9-3)75-81-76-80(85-74-70-66-62-58-54-50-46-42-38-34-30-26-22-18-14-10-4)78(6)83-72-68-64-60-56-52-48-44-40-36-32-28-24-20-16-12-8-2;/h35-42,77-81H,7-34,43-76H2,1-6H3;1H/b39-35-,40-36-,41-37-,42-38-;. The summed E-state index contributed by atoms with van der Waals surface area (Å²) >= 11 is 0. The number of halogens is 1. The Morgan fingerprint density at radius 3 is 0.581 bits per heavy atom. The second-order valence-electron chi connectivity index (χ2n) is 26.4. The molecule has 0 radical (unpaired) electrons. The van der Waals surface area contributed by atoms with E-state index in [0.717, 1.165) is 65.2 Å². The van der Waals surface area contributed by atoms with E-state index < -0.39 is 0 Å². The molecule has 0 bridgehead atoms. The lowest BCUT2D eigenvalue weighted by atomic mass is 10.1. The van der Waals surface area contributed by atoms with Crippen LogP contribution in [0, 0.1) is 0 Å². The molecule has 0 aliphatic heterocycles. The topological polar surface area (TPSA) is 49.0 Å². The molecule has 86 heavy (non-hydrogen) atoms. The minimum Gasteiger partial charge on any atom is -0.376 e. The third-order valence-electron chi connectivity index (χ3n) is 17.8. The molecule has 0 heterocycles. The quantitative estimate of drug-likeness (QED) is 0.0486. The molecule has 0 fully saturated rings. The number of allylic oxidation sites excluding steroid dienone is 8. The van der Waals surface area contributed by atoms with Gasteiger partial charge in [-0.1, -0.05) is 307 Å². The van der Waals surface area contributed by atoms with Crippen molar-refractivity contribution in [2.24, 2.45) is 0 Å². The minimum absolute atomic E-state index is 0. The molecule has 4 unspecified atom stereocenters. The van der Waals surface area contributed by atoms with E-state index in [1.54, 1.807) is 0 Å². The summed E-state index contributed by atoms with van der Waals surface area (Å²) in [7, 11) is 0. The molecule has 0 spiro atoms. The van der Waals surface area contributed by atoms with Crippen LogP contribution in [0.15, 0.2) is 48.6 Å². The van der Waals surface area contributed by atoms with Gasteiger partial charge in [0.2, 0.25) is 0 Å². The smallest absolute Gasteiger partial charge is 0.0957 e. The molecule has 0 rings (SSSR count). The number of nitrogens with one attached hydrogen (secondary N) is 1. The SMILES string of the molecule is Br.CCCCCCCC/C=C\CCCCCCCCOC(C)C(CNCC(OCCCCCCCC/C=C\CCCCCCCC)C(C)OCCCCCCCC/C=C\CCCCCCCC)OCCCCCCCC/C=C\CCCCCCCC. The summed E-state index contributed by atoms with van der Waals surface area (Å²) in [5.41, 5.74) is 0. The molecule has 512 valence electrons. The Morgan fingerprint density at radius 2 is 0.384 bits per heavy atom. The van der Waals surface area contributed by atoms with Gasteiger partial charge in [-0.15, -0.1) is 17.0 Å². The Hall–Kier alpha value is -0.760. The average molecular weight is 1280 g/mol. The molecule has 6 heteroatoms. The zero-order valence-electron chi connectivity index (χ0n) is 59.3. The summed E-state index contributed by atoms with van der Waals surface area (Å²) in [6.45, 7) is 18.5. The first-order valence-electron chi connectivity index (χ1n) is 38.9. The highest BCUT2D eigenvalue weighted by Crippen LogP contribution is 2.17. The highest BCUT2D eigenvalue weighted by atomic mass is 79.9. The van der Waals surface area contributed by atoms with Crippen LogP contribution in [0.2, 0.25) is 0 Å². The molecule has 0 aromatic carbocycles. The van der Waals surface area contributed by atoms with Crippen molar-refractivity contribution < 1.29 is 18.9 Å². The van der Waals surface area contributed by atoms with Crippen LogP contribution in [-0.2, 0) is 18.9 Å². The molecule has 0 saturated heterocycles. The van der Waals surface area contributed by atoms with E-state index in [9.17, 15) is 0 Å². The highest BCUT2D eigenvalue weighted by Gasteiger charge is 2.22. The second kappa shape index (κ2) is 78.5. The number of unbranched alkanes of at least 4 members (excludes halogenated alkanes) is 48. The van der Waals surface area contributed by atoms with E-state index in [1.807, 2.05) is 0 Å². The summed E-state index contributed by atoms with van der Waals surface area (Å²) < 4.78 is 26.6. The zero-order valence-corrected chi connectivity index (χ0v) is 61.0. The maximum atomic E-state index is 6.73. The van der Waals surface area contributed by atoms with Gasteiger partial charge in [0, 0.05) is 39.5 Å². The Kier molecular flexibility index (Phi) is 79.7. The molecular weight excluding hydrogens is 1120 g/mol. The van der Waals surface area contributed by atoms with Gasteiger partial charge in [-0.2, -0.15) is 0 Å². The van der Waals surface area contributed by atoms with Gasteiger partial charge in [0.25, 0.3) is 0 Å². The van der Waals surface area contributed by atoms with Crippen LogP contribution in [0.5, 0.6) is 0 Å². The van der Waals surface area contributed by atoms with Crippen LogP contribution in [0.3, 0.4) is 0 Å². The average Bonchev–Trinajstić information content (AvgIpc) is 3.52. The normalized spacial score (nSPS) is 13.6. The van der Waals surface area contributed by atoms with Crippen molar-refractivity contribution >= 4 is 17.0 Å². The van der Waals surface area contributed by atoms with Crippen LogP contribution in [-0.4, -0.2) is 63.9 Å². The largest absolute Gasteiger partial charge is 0.376 e. The van der Waals surface area contributed by atoms with Gasteiger partial charge in [0.1, 0.15) is 0 Å². The molecule has 0 amide bonds. The maximum Gasteiger partial charge on any atom is 0.0957 e. The first-order chi connectivity index (χ1) is 42.1. The lowest BCUT2D eigenvalue weighted by molar-refractivity contribution is -0.0765. The summed E-state index contributed by atoms with van der Waals surface area (Å²) in [5.74, 6) is 0. The first kappa shape index (κ1) is 87.3. The summed E-state index contributed by atoms with van der Waals surface area (Å²) in [6.07, 6.45) is 93.9. The van der Waals surface area contributed by atoms with Crippen LogP contribution in [0.25, 0.3) is 0 Å². The van der Waals surface area contributed by atoms with E-state index in [-0.39, 0.29) is 41.4 Å². The monoisotopic (exact) mass is 1270 g/mol. The number of hydrogen-bond donors (Lipinski definition) is 1. The molecule has 0 aliphatic rings. The van der Waals surface area contributed by atoms with Gasteiger partial charge in [-0.3, -0.25) is 0 Å². The third kappa shape index (κ3) is 70.7. The summed E-state index contributed by atoms with van der Waals surface area (Å²) in [6, 6.07) is 0. The molecular formula is C80H156BrNO4. The highest BCUT2D eigenvalue weighted by molar-refractivity contribution is 8.93. The third-order valence-corrected chi connectivity index (χ3v) is 17.8. The Balaban J connectivity index is 0. The fraction of sp³-hybridized carbons (Fsp3) is 0.900. The molecule has 0 saturated carbocycles. The predicted octanol–water partition coefficient (Wildman–Crippen LogP) is 26.9. The number of rotatable bonds is 74. The predicted molar refractivity (Wildman–Crippen MR) is 391 cm³/mol. The lowest BCUT2D eigenvalue weighted by Crippen LogP contribution is -2.44. The van der Waals surface area contributed by atoms with Crippen molar-refractivity contribution in [3.05, 3.63) is 48.6 Å². The maximum absolute atomic E-state index is 6.73. The van der Waals surface area contributed by atoms with Crippen molar-refractivity contribution in [3.8, 4) is 0 Å². The van der Waals surface area contributed by atoms with E-state index in [1.165, 1.54) is 334 Å². The van der Waals surface area contributed by atoms with Gasteiger partial charge in [0.15, 0.2) is 0 Å². The molecule has 5 nitrogen and oxygen atoms in total. The summed E-state index contributed by atoms with van der Waals surface area (Å²) in [5, 5.41) is 3.85. The lowest BCUT2D eigenvalue weighted by Gasteiger charge is -2.28. The van der Waals surface area contributed by atoms with E-state index in [2.05, 4.69) is 95.5 Å². The van der Waals surface area contributed by atoms with Crippen molar-refractivity contribution in [2.45, 2.75) is 426 Å². The molecule has 0 aromatic rings. The molecule has 1 N–H and O–H groups in total. The van der Waals surface area contributed by atoms with Gasteiger partial charge in [-0.25, -0.2) is 0 Å². The minimum atomic E-state index is 0. The second-order valence-corrected chi connectivity index (χ2v) is 26.4. The van der Waals surface area contributed by atoms with Crippen molar-refractivity contribution in [2.75, 3.05) is 39.5 Å². The van der Waals surface area contributed by atoms with Crippen molar-refractivity contribution in [1.82, 2.24) is 5.32 Å².